The van der Waals surface area contributed by atoms with Gasteiger partial charge < -0.3 is 9.64 Å². The van der Waals surface area contributed by atoms with Crippen LogP contribution in [0.25, 0.3) is 0 Å². The molecule has 0 saturated heterocycles. The van der Waals surface area contributed by atoms with Gasteiger partial charge in [-0.25, -0.2) is 14.2 Å². The zero-order valence-corrected chi connectivity index (χ0v) is 17.2. The molecule has 2 rings (SSSR count). The molecule has 0 atom stereocenters. The highest BCUT2D eigenvalue weighted by Crippen LogP contribution is 2.37. The second kappa shape index (κ2) is 9.58. The molecule has 0 spiro atoms. The van der Waals surface area contributed by atoms with E-state index in [-0.39, 0.29) is 17.3 Å². The Kier molecular flexibility index (Phi) is 7.53. The first-order chi connectivity index (χ1) is 14.7. The Morgan fingerprint density at radius 1 is 1.09 bits per heavy atom. The molecule has 0 aliphatic heterocycles. The van der Waals surface area contributed by atoms with Crippen molar-refractivity contribution in [2.24, 2.45) is 4.99 Å². The Bertz CT molecular complexity index is 1010. The van der Waals surface area contributed by atoms with Crippen LogP contribution in [0.2, 0.25) is 0 Å². The van der Waals surface area contributed by atoms with E-state index in [1.165, 1.54) is 13.3 Å². The van der Waals surface area contributed by atoms with Crippen LogP contribution in [-0.4, -0.2) is 30.8 Å². The SMILES string of the molecule is CCN(C)C=Nc1cc(C(F)(F)F)c(C(=O)OCc2ccc(C(F)(F)F)cc2F)cc1C. The van der Waals surface area contributed by atoms with Crippen molar-refractivity contribution in [1.29, 1.82) is 0 Å². The van der Waals surface area contributed by atoms with Gasteiger partial charge in [0.05, 0.1) is 28.7 Å². The number of nitrogens with zero attached hydrogens (tertiary/aromatic N) is 2. The summed E-state index contributed by atoms with van der Waals surface area (Å²) in [4.78, 5) is 18.0. The van der Waals surface area contributed by atoms with Gasteiger partial charge in [-0.1, -0.05) is 6.07 Å². The molecular weight excluding hydrogens is 445 g/mol. The summed E-state index contributed by atoms with van der Waals surface area (Å²) in [6.07, 6.45) is -8.35. The minimum Gasteiger partial charge on any atom is -0.457 e. The lowest BCUT2D eigenvalue weighted by atomic mass is 10.0. The van der Waals surface area contributed by atoms with Crippen LogP contribution < -0.4 is 0 Å². The smallest absolute Gasteiger partial charge is 0.417 e. The fourth-order valence-corrected chi connectivity index (χ4v) is 2.54. The van der Waals surface area contributed by atoms with Crippen molar-refractivity contribution in [3.05, 3.63) is 64.0 Å². The summed E-state index contributed by atoms with van der Waals surface area (Å²) in [7, 11) is 1.68. The average molecular weight is 464 g/mol. The van der Waals surface area contributed by atoms with E-state index in [0.29, 0.717) is 18.7 Å². The molecule has 2 aromatic carbocycles. The Morgan fingerprint density at radius 3 is 2.28 bits per heavy atom. The van der Waals surface area contributed by atoms with Crippen LogP contribution in [0.4, 0.5) is 36.4 Å². The van der Waals surface area contributed by atoms with Gasteiger partial charge in [0.1, 0.15) is 12.4 Å². The molecule has 174 valence electrons. The van der Waals surface area contributed by atoms with Crippen molar-refractivity contribution >= 4 is 18.0 Å². The van der Waals surface area contributed by atoms with E-state index in [9.17, 15) is 35.5 Å². The molecule has 0 amide bonds. The zero-order chi connectivity index (χ0) is 24.3. The first kappa shape index (κ1) is 25.2. The van der Waals surface area contributed by atoms with Gasteiger partial charge in [0.2, 0.25) is 0 Å². The van der Waals surface area contributed by atoms with Crippen molar-refractivity contribution in [3.8, 4) is 0 Å². The van der Waals surface area contributed by atoms with Gasteiger partial charge in [0, 0.05) is 19.2 Å². The molecule has 0 fully saturated rings. The van der Waals surface area contributed by atoms with Crippen LogP contribution in [0.3, 0.4) is 0 Å². The number of halogens is 7. The molecule has 0 aromatic heterocycles. The highest BCUT2D eigenvalue weighted by molar-refractivity contribution is 5.92. The Balaban J connectivity index is 2.31. The van der Waals surface area contributed by atoms with Crippen molar-refractivity contribution in [1.82, 2.24) is 4.90 Å². The topological polar surface area (TPSA) is 41.9 Å². The third-order valence-electron chi connectivity index (χ3n) is 4.49. The van der Waals surface area contributed by atoms with E-state index in [0.717, 1.165) is 12.1 Å². The van der Waals surface area contributed by atoms with Crippen LogP contribution in [0.15, 0.2) is 35.3 Å². The maximum Gasteiger partial charge on any atom is 0.417 e. The largest absolute Gasteiger partial charge is 0.457 e. The molecule has 0 aliphatic rings. The first-order valence-electron chi connectivity index (χ1n) is 9.23. The maximum absolute atomic E-state index is 13.9. The molecule has 0 heterocycles. The highest BCUT2D eigenvalue weighted by atomic mass is 19.4. The maximum atomic E-state index is 13.9. The summed E-state index contributed by atoms with van der Waals surface area (Å²) < 4.78 is 97.1. The standard InChI is InChI=1S/C21H19F7N2O2/c1-4-30(3)11-29-18-9-16(21(26,27)28)15(7-12(18)2)19(31)32-10-13-5-6-14(8-17(13)22)20(23,24)25/h5-9,11H,4,10H2,1-3H3. The summed E-state index contributed by atoms with van der Waals surface area (Å²) in [5.41, 5.74) is -3.53. The van der Waals surface area contributed by atoms with E-state index in [1.54, 1.807) is 11.9 Å². The van der Waals surface area contributed by atoms with Crippen LogP contribution in [-0.2, 0) is 23.7 Å². The predicted octanol–water partition coefficient (Wildman–Crippen LogP) is 6.14. The number of benzene rings is 2. The molecule has 0 saturated carbocycles. The Morgan fingerprint density at radius 2 is 1.75 bits per heavy atom. The monoisotopic (exact) mass is 464 g/mol. The third kappa shape index (κ3) is 6.21. The van der Waals surface area contributed by atoms with Crippen LogP contribution >= 0.6 is 0 Å². The van der Waals surface area contributed by atoms with E-state index >= 15 is 0 Å². The number of alkyl halides is 6. The zero-order valence-electron chi connectivity index (χ0n) is 17.2. The lowest BCUT2D eigenvalue weighted by Gasteiger charge is -2.16. The minimum atomic E-state index is -4.91. The van der Waals surface area contributed by atoms with Gasteiger partial charge in [-0.15, -0.1) is 0 Å². The number of carbonyl (C=O) groups is 1. The van der Waals surface area contributed by atoms with Gasteiger partial charge >= 0.3 is 18.3 Å². The molecule has 4 nitrogen and oxygen atoms in total. The predicted molar refractivity (Wildman–Crippen MR) is 103 cm³/mol. The van der Waals surface area contributed by atoms with Crippen molar-refractivity contribution in [2.75, 3.05) is 13.6 Å². The van der Waals surface area contributed by atoms with Gasteiger partial charge in [0.15, 0.2) is 0 Å². The van der Waals surface area contributed by atoms with Crippen molar-refractivity contribution in [3.63, 3.8) is 0 Å². The van der Waals surface area contributed by atoms with Crippen LogP contribution in [0, 0.1) is 12.7 Å². The number of hydrogen-bond donors (Lipinski definition) is 0. The number of carbonyl (C=O) groups excluding carboxylic acids is 1. The van der Waals surface area contributed by atoms with Crippen LogP contribution in [0.1, 0.15) is 39.5 Å². The second-order valence-electron chi connectivity index (χ2n) is 6.88. The number of ether oxygens (including phenoxy) is 1. The number of aryl methyl sites for hydroxylation is 1. The van der Waals surface area contributed by atoms with Crippen molar-refractivity contribution in [2.45, 2.75) is 32.8 Å². The van der Waals surface area contributed by atoms with Crippen molar-refractivity contribution < 1.29 is 40.3 Å². The highest BCUT2D eigenvalue weighted by Gasteiger charge is 2.37. The fraction of sp³-hybridized carbons (Fsp3) is 0.333. The first-order valence-corrected chi connectivity index (χ1v) is 9.23. The molecular formula is C21H19F7N2O2. The molecule has 0 unspecified atom stereocenters. The number of rotatable bonds is 6. The lowest BCUT2D eigenvalue weighted by Crippen LogP contribution is -2.16. The van der Waals surface area contributed by atoms with Gasteiger partial charge in [0.25, 0.3) is 0 Å². The summed E-state index contributed by atoms with van der Waals surface area (Å²) in [6.45, 7) is 2.99. The summed E-state index contributed by atoms with van der Waals surface area (Å²) in [6, 6.07) is 3.20. The fourth-order valence-electron chi connectivity index (χ4n) is 2.54. The molecule has 32 heavy (non-hydrogen) atoms. The van der Waals surface area contributed by atoms with Gasteiger partial charge in [-0.05, 0) is 43.7 Å². The molecule has 0 N–H and O–H groups in total. The quantitative estimate of drug-likeness (QED) is 0.223. The number of esters is 1. The third-order valence-corrected chi connectivity index (χ3v) is 4.49. The molecule has 0 aliphatic carbocycles. The van der Waals surface area contributed by atoms with E-state index in [2.05, 4.69) is 4.99 Å². The summed E-state index contributed by atoms with van der Waals surface area (Å²) in [5, 5.41) is 0. The number of hydrogen-bond acceptors (Lipinski definition) is 3. The van der Waals surface area contributed by atoms with Crippen LogP contribution in [0.5, 0.6) is 0 Å². The Labute approximate surface area is 179 Å². The average Bonchev–Trinajstić information content (AvgIpc) is 2.69. The summed E-state index contributed by atoms with van der Waals surface area (Å²) in [5.74, 6) is -2.70. The summed E-state index contributed by atoms with van der Waals surface area (Å²) >= 11 is 0. The van der Waals surface area contributed by atoms with E-state index < -0.39 is 53.0 Å². The van der Waals surface area contributed by atoms with E-state index in [1.807, 2.05) is 6.92 Å². The number of aliphatic imine (C=N–C) groups is 1. The molecule has 11 heteroatoms. The molecule has 0 bridgehead atoms. The lowest BCUT2D eigenvalue weighted by molar-refractivity contribution is -0.138. The second-order valence-corrected chi connectivity index (χ2v) is 6.88. The van der Waals surface area contributed by atoms with Gasteiger partial charge in [-0.3, -0.25) is 0 Å². The molecule has 2 aromatic rings. The molecule has 0 radical (unpaired) electrons. The minimum absolute atomic E-state index is 0.0111. The van der Waals surface area contributed by atoms with E-state index in [4.69, 9.17) is 4.74 Å². The Hall–Kier alpha value is -3.11. The van der Waals surface area contributed by atoms with Gasteiger partial charge in [-0.2, -0.15) is 26.3 Å². The normalized spacial score (nSPS) is 12.3.